The van der Waals surface area contributed by atoms with Crippen molar-refractivity contribution in [1.82, 2.24) is 0 Å². The third kappa shape index (κ3) is 3.03. The van der Waals surface area contributed by atoms with Crippen molar-refractivity contribution >= 4 is 43.2 Å². The highest BCUT2D eigenvalue weighted by Crippen LogP contribution is 2.41. The van der Waals surface area contributed by atoms with E-state index in [1.807, 2.05) is 6.07 Å². The van der Waals surface area contributed by atoms with Gasteiger partial charge in [0.25, 0.3) is 0 Å². The standard InChI is InChI=1S/C16H16Br2OS/c17-15-9-13(16(18)20-15)14(19)8-11-6-3-5-10-4-1-2-7-12(10)11/h1-2,4,7,9,11,14,19H,3,5-6,8H2. The summed E-state index contributed by atoms with van der Waals surface area (Å²) in [5.74, 6) is 0.473. The first-order valence-corrected chi connectivity index (χ1v) is 9.26. The largest absolute Gasteiger partial charge is 0.388 e. The lowest BCUT2D eigenvalue weighted by atomic mass is 9.79. The molecule has 4 heteroatoms. The number of rotatable bonds is 3. The quantitative estimate of drug-likeness (QED) is 0.669. The number of benzene rings is 1. The number of thiophene rings is 1. The lowest BCUT2D eigenvalue weighted by Crippen LogP contribution is -2.13. The Balaban J connectivity index is 1.80. The zero-order valence-corrected chi connectivity index (χ0v) is 15.0. The monoisotopic (exact) mass is 414 g/mol. The lowest BCUT2D eigenvalue weighted by molar-refractivity contribution is 0.154. The Kier molecular flexibility index (Phi) is 4.65. The van der Waals surface area contributed by atoms with Gasteiger partial charge in [0.05, 0.1) is 13.7 Å². The van der Waals surface area contributed by atoms with Crippen molar-refractivity contribution in [2.45, 2.75) is 37.7 Å². The molecule has 2 atom stereocenters. The molecule has 1 aliphatic carbocycles. The molecule has 0 fully saturated rings. The summed E-state index contributed by atoms with van der Waals surface area (Å²) in [6.45, 7) is 0. The molecule has 0 saturated heterocycles. The van der Waals surface area contributed by atoms with E-state index in [9.17, 15) is 5.11 Å². The maximum atomic E-state index is 10.5. The second kappa shape index (κ2) is 6.30. The number of hydrogen-bond acceptors (Lipinski definition) is 2. The molecule has 1 aromatic heterocycles. The minimum atomic E-state index is -0.400. The van der Waals surface area contributed by atoms with Gasteiger partial charge < -0.3 is 5.11 Å². The number of halogens is 2. The average molecular weight is 416 g/mol. The molecule has 0 saturated carbocycles. The van der Waals surface area contributed by atoms with Crippen LogP contribution < -0.4 is 0 Å². The minimum Gasteiger partial charge on any atom is -0.388 e. The molecule has 0 radical (unpaired) electrons. The van der Waals surface area contributed by atoms with Crippen molar-refractivity contribution in [2.24, 2.45) is 0 Å². The molecule has 0 bridgehead atoms. The topological polar surface area (TPSA) is 20.2 Å². The van der Waals surface area contributed by atoms with Crippen LogP contribution >= 0.6 is 43.2 Å². The van der Waals surface area contributed by atoms with E-state index < -0.39 is 6.10 Å². The zero-order chi connectivity index (χ0) is 14.1. The van der Waals surface area contributed by atoms with E-state index in [1.165, 1.54) is 30.4 Å². The van der Waals surface area contributed by atoms with Crippen molar-refractivity contribution in [3.8, 4) is 0 Å². The maximum absolute atomic E-state index is 10.5. The van der Waals surface area contributed by atoms with Crippen LogP contribution in [0.15, 0.2) is 37.9 Å². The molecule has 2 aromatic rings. The molecule has 1 aliphatic rings. The van der Waals surface area contributed by atoms with Crippen LogP contribution in [-0.4, -0.2) is 5.11 Å². The fourth-order valence-electron chi connectivity index (χ4n) is 3.08. The van der Waals surface area contributed by atoms with E-state index in [0.717, 1.165) is 19.6 Å². The molecular formula is C16H16Br2OS. The van der Waals surface area contributed by atoms with Crippen LogP contribution in [0.2, 0.25) is 0 Å². The van der Waals surface area contributed by atoms with Gasteiger partial charge in [0.15, 0.2) is 0 Å². The molecule has 0 amide bonds. The van der Waals surface area contributed by atoms with E-state index >= 15 is 0 Å². The maximum Gasteiger partial charge on any atom is 0.0815 e. The van der Waals surface area contributed by atoms with Crippen LogP contribution in [0.3, 0.4) is 0 Å². The third-order valence-corrected chi connectivity index (χ3v) is 6.43. The van der Waals surface area contributed by atoms with Crippen molar-refractivity contribution < 1.29 is 5.11 Å². The minimum absolute atomic E-state index is 0.400. The fraction of sp³-hybridized carbons (Fsp3) is 0.375. The second-order valence-electron chi connectivity index (χ2n) is 5.32. The first-order chi connectivity index (χ1) is 9.65. The van der Waals surface area contributed by atoms with E-state index in [0.29, 0.717) is 5.92 Å². The molecule has 106 valence electrons. The summed E-state index contributed by atoms with van der Waals surface area (Å²) >= 11 is 8.64. The Morgan fingerprint density at radius 2 is 2.10 bits per heavy atom. The smallest absolute Gasteiger partial charge is 0.0815 e. The number of aliphatic hydroxyl groups is 1. The Labute approximate surface area is 140 Å². The second-order valence-corrected chi connectivity index (χ2v) is 9.07. The van der Waals surface area contributed by atoms with E-state index in [4.69, 9.17) is 0 Å². The van der Waals surface area contributed by atoms with Crippen LogP contribution in [0.25, 0.3) is 0 Å². The molecule has 1 aromatic carbocycles. The first-order valence-electron chi connectivity index (χ1n) is 6.85. The highest BCUT2D eigenvalue weighted by Gasteiger charge is 2.24. The normalized spacial score (nSPS) is 19.6. The summed E-state index contributed by atoms with van der Waals surface area (Å²) in [6, 6.07) is 10.7. The summed E-state index contributed by atoms with van der Waals surface area (Å²) in [5.41, 5.74) is 3.90. The summed E-state index contributed by atoms with van der Waals surface area (Å²) in [7, 11) is 0. The van der Waals surface area contributed by atoms with Crippen molar-refractivity contribution in [3.05, 3.63) is 54.6 Å². The van der Waals surface area contributed by atoms with Crippen LogP contribution in [0.4, 0.5) is 0 Å². The molecular weight excluding hydrogens is 400 g/mol. The van der Waals surface area contributed by atoms with Crippen LogP contribution in [-0.2, 0) is 6.42 Å². The molecule has 3 rings (SSSR count). The lowest BCUT2D eigenvalue weighted by Gasteiger charge is -2.27. The highest BCUT2D eigenvalue weighted by atomic mass is 79.9. The number of aryl methyl sites for hydroxylation is 1. The van der Waals surface area contributed by atoms with Gasteiger partial charge >= 0.3 is 0 Å². The van der Waals surface area contributed by atoms with Crippen LogP contribution in [0.1, 0.15) is 48.0 Å². The van der Waals surface area contributed by atoms with Gasteiger partial charge in [0.2, 0.25) is 0 Å². The predicted octanol–water partition coefficient (Wildman–Crippen LogP) is 5.82. The van der Waals surface area contributed by atoms with Crippen molar-refractivity contribution in [1.29, 1.82) is 0 Å². The SMILES string of the molecule is OC(CC1CCCc2ccccc21)c1cc(Br)sc1Br. The van der Waals surface area contributed by atoms with Gasteiger partial charge in [-0.05, 0) is 80.7 Å². The predicted molar refractivity (Wildman–Crippen MR) is 91.4 cm³/mol. The van der Waals surface area contributed by atoms with Crippen molar-refractivity contribution in [3.63, 3.8) is 0 Å². The third-order valence-electron chi connectivity index (χ3n) is 4.04. The highest BCUT2D eigenvalue weighted by molar-refractivity contribution is 9.12. The molecule has 1 nitrogen and oxygen atoms in total. The Hall–Kier alpha value is -0.160. The van der Waals surface area contributed by atoms with Gasteiger partial charge in [-0.1, -0.05) is 24.3 Å². The Morgan fingerprint density at radius 1 is 1.30 bits per heavy atom. The molecule has 0 aliphatic heterocycles. The molecule has 0 spiro atoms. The van der Waals surface area contributed by atoms with E-state index in [-0.39, 0.29) is 0 Å². The van der Waals surface area contributed by atoms with Crippen LogP contribution in [0.5, 0.6) is 0 Å². The van der Waals surface area contributed by atoms with Crippen molar-refractivity contribution in [2.75, 3.05) is 0 Å². The average Bonchev–Trinajstić information content (AvgIpc) is 2.78. The first kappa shape index (κ1) is 14.8. The van der Waals surface area contributed by atoms with E-state index in [1.54, 1.807) is 11.3 Å². The van der Waals surface area contributed by atoms with E-state index in [2.05, 4.69) is 56.1 Å². The van der Waals surface area contributed by atoms with Gasteiger partial charge in [-0.2, -0.15) is 0 Å². The van der Waals surface area contributed by atoms with Gasteiger partial charge in [0.1, 0.15) is 0 Å². The number of hydrogen-bond donors (Lipinski definition) is 1. The number of aliphatic hydroxyl groups excluding tert-OH is 1. The molecule has 2 unspecified atom stereocenters. The summed E-state index contributed by atoms with van der Waals surface area (Å²) in [6.07, 6.45) is 3.98. The zero-order valence-electron chi connectivity index (χ0n) is 11.0. The fourth-order valence-corrected chi connectivity index (χ4v) is 6.03. The molecule has 1 N–H and O–H groups in total. The summed E-state index contributed by atoms with van der Waals surface area (Å²) in [4.78, 5) is 0. The molecule has 1 heterocycles. The summed E-state index contributed by atoms with van der Waals surface area (Å²) < 4.78 is 2.09. The molecule has 20 heavy (non-hydrogen) atoms. The van der Waals surface area contributed by atoms with Gasteiger partial charge in [-0.3, -0.25) is 0 Å². The van der Waals surface area contributed by atoms with Crippen LogP contribution in [0, 0.1) is 0 Å². The number of fused-ring (bicyclic) bond motifs is 1. The Morgan fingerprint density at radius 3 is 2.85 bits per heavy atom. The Bertz CT molecular complexity index is 608. The van der Waals surface area contributed by atoms with Gasteiger partial charge in [0, 0.05) is 5.56 Å². The van der Waals surface area contributed by atoms with Gasteiger partial charge in [-0.15, -0.1) is 11.3 Å². The van der Waals surface area contributed by atoms with Gasteiger partial charge in [-0.25, -0.2) is 0 Å². The summed E-state index contributed by atoms with van der Waals surface area (Å²) in [5, 5.41) is 10.5.